The molecule has 2 fully saturated rings. The van der Waals surface area contributed by atoms with Crippen LogP contribution in [0.25, 0.3) is 33.0 Å². The molecule has 6 heterocycles. The highest BCUT2D eigenvalue weighted by atomic mass is 16.5. The van der Waals surface area contributed by atoms with Gasteiger partial charge in [-0.05, 0) is 43.7 Å². The second-order valence-corrected chi connectivity index (χ2v) is 15.3. The van der Waals surface area contributed by atoms with Gasteiger partial charge in [0.1, 0.15) is 17.0 Å². The van der Waals surface area contributed by atoms with Gasteiger partial charge in [0.25, 0.3) is 23.4 Å². The number of aromatic amines is 2. The van der Waals surface area contributed by atoms with E-state index in [-0.39, 0.29) is 11.4 Å². The number of ether oxygens (including phenoxy) is 3. The van der Waals surface area contributed by atoms with Crippen molar-refractivity contribution in [3.8, 4) is 41.6 Å². The average molecular weight is 887 g/mol. The molecular formula is C51H46N6O9. The first-order valence-electron chi connectivity index (χ1n) is 21.0. The lowest BCUT2D eigenvalue weighted by Gasteiger charge is -2.28. The van der Waals surface area contributed by atoms with Crippen LogP contribution in [0.15, 0.2) is 96.6 Å². The lowest BCUT2D eigenvalue weighted by molar-refractivity contribution is -0.130. The van der Waals surface area contributed by atoms with Crippen molar-refractivity contribution in [1.82, 2.24) is 29.7 Å². The number of terminal acetylenes is 1. The fraction of sp³-hybridized carbons (Fsp3) is 0.235. The van der Waals surface area contributed by atoms with Crippen molar-refractivity contribution in [2.24, 2.45) is 0 Å². The molecule has 2 aromatic carbocycles. The third kappa shape index (κ3) is 9.42. The number of nitrogens with zero attached hydrogens (tertiary/aromatic N) is 4. The molecule has 6 aromatic rings. The van der Waals surface area contributed by atoms with Crippen molar-refractivity contribution in [1.29, 1.82) is 0 Å². The summed E-state index contributed by atoms with van der Waals surface area (Å²) in [6, 6.07) is 19.2. The molecule has 0 bridgehead atoms. The van der Waals surface area contributed by atoms with Crippen LogP contribution in [0.4, 0.5) is 0 Å². The maximum Gasteiger partial charge on any atom is 0.382 e. The number of carboxylic acids is 1. The second-order valence-electron chi connectivity index (χ2n) is 15.3. The van der Waals surface area contributed by atoms with Crippen molar-refractivity contribution < 1.29 is 43.3 Å². The number of amides is 2. The number of carbonyl (C=O) groups is 5. The number of aryl methyl sites for hydroxylation is 1. The number of nitrogens with one attached hydrogen (secondary N) is 2. The first-order valence-corrected chi connectivity index (χ1v) is 21.0. The van der Waals surface area contributed by atoms with E-state index in [0.717, 1.165) is 33.5 Å². The summed E-state index contributed by atoms with van der Waals surface area (Å²) in [7, 11) is 4.44. The maximum absolute atomic E-state index is 13.2. The summed E-state index contributed by atoms with van der Waals surface area (Å²) in [4.78, 5) is 80.9. The van der Waals surface area contributed by atoms with Crippen LogP contribution in [0.5, 0.6) is 17.4 Å². The van der Waals surface area contributed by atoms with Crippen LogP contribution in [0.2, 0.25) is 0 Å². The maximum atomic E-state index is 13.2. The Balaban J connectivity index is 0.000000198. The number of ketones is 2. The first-order chi connectivity index (χ1) is 32.0. The SMILES string of the molecule is C#CC(=C1CCN(C(=O)C(=O)c2c[nH]c3c(C)ncc(OC)c23)CC1)c1ccccc1.COc1ncc(OC)c2c(C(=O)C(=O)N3CCC(=C(C#CC(=O)O)c4ccccc4)CC3)c[nH]c12. The van der Waals surface area contributed by atoms with E-state index >= 15 is 0 Å². The summed E-state index contributed by atoms with van der Waals surface area (Å²) in [6.45, 7) is 3.38. The molecule has 15 nitrogen and oxygen atoms in total. The van der Waals surface area contributed by atoms with Crippen LogP contribution in [0.1, 0.15) is 63.2 Å². The van der Waals surface area contributed by atoms with Crippen LogP contribution in [0.3, 0.4) is 0 Å². The standard InChI is InChI=1S/C26H23N3O6.C25H23N3O3/c1-34-20-15-28-25(35-2)23-22(20)19(14-27-23)24(32)26(33)29-12-10-17(11-13-29)18(8-9-21(30)31)16-6-4-3-5-7-16;1-4-19(17-8-6-5-7-9-17)18-10-12-28(13-11-18)25(30)24(29)20-14-27-23-16(2)26-15-21(31-3)22(20)23/h3-7,14-15,27H,10-13H2,1-2H3,(H,30,31);1,5-9,14-15,27H,10-13H2,2-3H3. The molecule has 0 atom stereocenters. The van der Waals surface area contributed by atoms with Gasteiger partial charge in [-0.25, -0.2) is 9.78 Å². The summed E-state index contributed by atoms with van der Waals surface area (Å²) in [5.41, 5.74) is 7.82. The Morgan fingerprint density at radius 2 is 1.09 bits per heavy atom. The number of fused-ring (bicyclic) bond motifs is 2. The van der Waals surface area contributed by atoms with Gasteiger partial charge >= 0.3 is 5.97 Å². The molecule has 0 spiro atoms. The van der Waals surface area contributed by atoms with Crippen molar-refractivity contribution in [2.75, 3.05) is 47.5 Å². The Bertz CT molecular complexity index is 3020. The smallest absolute Gasteiger partial charge is 0.382 e. The van der Waals surface area contributed by atoms with Gasteiger partial charge in [0.15, 0.2) is 0 Å². The Kier molecular flexibility index (Phi) is 14.1. The van der Waals surface area contributed by atoms with E-state index in [4.69, 9.17) is 25.7 Å². The third-order valence-corrected chi connectivity index (χ3v) is 11.6. The predicted octanol–water partition coefficient (Wildman–Crippen LogP) is 6.70. The number of piperidine rings is 2. The zero-order chi connectivity index (χ0) is 46.9. The minimum Gasteiger partial charge on any atom is -0.494 e. The van der Waals surface area contributed by atoms with Crippen LogP contribution in [0, 0.1) is 31.1 Å². The van der Waals surface area contributed by atoms with Crippen molar-refractivity contribution >= 4 is 62.3 Å². The number of aromatic nitrogens is 4. The number of rotatable bonds is 9. The zero-order valence-corrected chi connectivity index (χ0v) is 36.8. The molecule has 2 amide bonds. The molecule has 0 aliphatic carbocycles. The average Bonchev–Trinajstić information content (AvgIpc) is 4.02. The predicted molar refractivity (Wildman–Crippen MR) is 248 cm³/mol. The summed E-state index contributed by atoms with van der Waals surface area (Å²) >= 11 is 0. The number of carbonyl (C=O) groups excluding carboxylic acids is 4. The van der Waals surface area contributed by atoms with E-state index in [9.17, 15) is 24.0 Å². The van der Waals surface area contributed by atoms with Gasteiger partial charge in [0.2, 0.25) is 5.88 Å². The molecule has 66 heavy (non-hydrogen) atoms. The van der Waals surface area contributed by atoms with E-state index in [1.165, 1.54) is 38.6 Å². The number of aliphatic carboxylic acids is 1. The van der Waals surface area contributed by atoms with Gasteiger partial charge in [0.05, 0.1) is 66.8 Å². The van der Waals surface area contributed by atoms with E-state index in [0.29, 0.717) is 96.3 Å². The molecule has 2 aliphatic rings. The van der Waals surface area contributed by atoms with Gasteiger partial charge in [-0.15, -0.1) is 6.42 Å². The summed E-state index contributed by atoms with van der Waals surface area (Å²) in [6.07, 6.45) is 14.0. The fourth-order valence-corrected chi connectivity index (χ4v) is 8.22. The summed E-state index contributed by atoms with van der Waals surface area (Å²) in [5.74, 6) is 5.29. The highest BCUT2D eigenvalue weighted by Crippen LogP contribution is 2.35. The molecular weight excluding hydrogens is 841 g/mol. The molecule has 334 valence electrons. The second kappa shape index (κ2) is 20.4. The molecule has 0 saturated carbocycles. The van der Waals surface area contributed by atoms with Gasteiger partial charge in [-0.1, -0.05) is 83.7 Å². The first kappa shape index (κ1) is 45.6. The highest BCUT2D eigenvalue weighted by molar-refractivity contribution is 6.45. The number of benzene rings is 2. The molecule has 0 radical (unpaired) electrons. The molecule has 0 unspecified atom stereocenters. The van der Waals surface area contributed by atoms with Gasteiger partial charge in [-0.2, -0.15) is 0 Å². The molecule has 3 N–H and O–H groups in total. The van der Waals surface area contributed by atoms with Crippen molar-refractivity contribution in [3.05, 3.63) is 125 Å². The molecule has 2 aliphatic heterocycles. The molecule has 2 saturated heterocycles. The number of pyridine rings is 2. The Labute approximate surface area is 380 Å². The number of likely N-dealkylation sites (tertiary alicyclic amines) is 2. The largest absolute Gasteiger partial charge is 0.494 e. The lowest BCUT2D eigenvalue weighted by Crippen LogP contribution is -2.40. The summed E-state index contributed by atoms with van der Waals surface area (Å²) < 4.78 is 16.0. The Morgan fingerprint density at radius 1 is 0.636 bits per heavy atom. The van der Waals surface area contributed by atoms with Gasteiger partial charge in [-0.3, -0.25) is 24.2 Å². The molecule has 8 rings (SSSR count). The van der Waals surface area contributed by atoms with E-state index in [1.807, 2.05) is 67.6 Å². The fourth-order valence-electron chi connectivity index (χ4n) is 8.22. The topological polar surface area (TPSA) is 197 Å². The van der Waals surface area contributed by atoms with Crippen LogP contribution >= 0.6 is 0 Å². The van der Waals surface area contributed by atoms with Crippen molar-refractivity contribution in [2.45, 2.75) is 32.6 Å². The van der Waals surface area contributed by atoms with E-state index in [1.54, 1.807) is 17.3 Å². The number of hydrogen-bond donors (Lipinski definition) is 3. The number of Topliss-reactive ketones (excluding diaryl/α,β-unsaturated/α-hetero) is 2. The number of allylic oxidation sites excluding steroid dienone is 2. The number of carboxylic acid groups (broad SMARTS) is 1. The number of H-pyrrole nitrogens is 2. The summed E-state index contributed by atoms with van der Waals surface area (Å²) in [5, 5.41) is 10.0. The Hall–Kier alpha value is -8.43. The molecule has 4 aromatic heterocycles. The zero-order valence-electron chi connectivity index (χ0n) is 36.8. The van der Waals surface area contributed by atoms with E-state index < -0.39 is 29.4 Å². The highest BCUT2D eigenvalue weighted by Gasteiger charge is 2.32. The molecule has 15 heteroatoms. The number of methoxy groups -OCH3 is 3. The van der Waals surface area contributed by atoms with Gasteiger partial charge in [0, 0.05) is 55.6 Å². The van der Waals surface area contributed by atoms with Crippen LogP contribution < -0.4 is 14.2 Å². The monoisotopic (exact) mass is 886 g/mol. The van der Waals surface area contributed by atoms with E-state index in [2.05, 4.69) is 37.7 Å². The van der Waals surface area contributed by atoms with Crippen LogP contribution in [-0.4, -0.2) is 112 Å². The minimum atomic E-state index is -1.21. The number of hydrogen-bond acceptors (Lipinski definition) is 10. The minimum absolute atomic E-state index is 0.182. The van der Waals surface area contributed by atoms with Crippen molar-refractivity contribution in [3.63, 3.8) is 0 Å². The Morgan fingerprint density at radius 3 is 1.56 bits per heavy atom. The van der Waals surface area contributed by atoms with Crippen LogP contribution in [-0.2, 0) is 14.4 Å². The quantitative estimate of drug-likeness (QED) is 0.0794. The lowest BCUT2D eigenvalue weighted by atomic mass is 9.93. The normalized spacial score (nSPS) is 13.4. The third-order valence-electron chi connectivity index (χ3n) is 11.6. The van der Waals surface area contributed by atoms with Gasteiger partial charge < -0.3 is 39.1 Å².